The molecule has 6 heteroatoms. The summed E-state index contributed by atoms with van der Waals surface area (Å²) in [6.07, 6.45) is 6.64. The number of nitriles is 1. The number of rotatable bonds is 8. The normalized spacial score (nSPS) is 20.5. The largest absolute Gasteiger partial charge is 0.207 e. The topological polar surface area (TPSA) is 23.8 Å². The molecule has 3 aromatic rings. The van der Waals surface area contributed by atoms with Gasteiger partial charge in [0.2, 0.25) is 0 Å². The lowest BCUT2D eigenvalue weighted by molar-refractivity contribution is 0.353. The Morgan fingerprint density at radius 3 is 2.07 bits per heavy atom. The Bertz CT molecular complexity index is 1410. The molecule has 0 radical (unpaired) electrons. The molecule has 0 aliphatic heterocycles. The summed E-state index contributed by atoms with van der Waals surface area (Å²) in [7, 11) is 0. The van der Waals surface area contributed by atoms with Crippen molar-refractivity contribution >= 4 is 0 Å². The highest BCUT2D eigenvalue weighted by atomic mass is 19.2. The van der Waals surface area contributed by atoms with E-state index in [1.165, 1.54) is 12.1 Å². The van der Waals surface area contributed by atoms with E-state index in [-0.39, 0.29) is 59.3 Å². The summed E-state index contributed by atoms with van der Waals surface area (Å²) in [5.41, 5.74) is 2.60. The number of halogens is 5. The third-order valence-electron chi connectivity index (χ3n) is 9.32. The molecule has 1 saturated carbocycles. The van der Waals surface area contributed by atoms with Crippen molar-refractivity contribution < 1.29 is 22.0 Å². The van der Waals surface area contributed by atoms with E-state index in [1.807, 2.05) is 19.1 Å². The molecule has 0 N–H and O–H groups in total. The maximum Gasteiger partial charge on any atom is 0.165 e. The van der Waals surface area contributed by atoms with Gasteiger partial charge in [-0.1, -0.05) is 25.5 Å². The number of hydrogen-bond acceptors (Lipinski definition) is 1. The van der Waals surface area contributed by atoms with E-state index in [0.717, 1.165) is 31.2 Å². The van der Waals surface area contributed by atoms with Gasteiger partial charge < -0.3 is 0 Å². The third-order valence-corrected chi connectivity index (χ3v) is 9.32. The van der Waals surface area contributed by atoms with Gasteiger partial charge in [-0.3, -0.25) is 0 Å². The van der Waals surface area contributed by atoms with E-state index in [1.54, 1.807) is 12.1 Å². The molecule has 0 heterocycles. The molecule has 2 aliphatic rings. The minimum absolute atomic E-state index is 0.0286. The molecule has 1 atom stereocenters. The van der Waals surface area contributed by atoms with Crippen molar-refractivity contribution in [2.45, 2.75) is 95.8 Å². The van der Waals surface area contributed by atoms with E-state index in [4.69, 9.17) is 5.26 Å². The van der Waals surface area contributed by atoms with Crippen molar-refractivity contribution in [1.29, 1.82) is 5.26 Å². The SMILES string of the molecule is CCCCc1cc(F)c(CCC2CCc3c(F)c(C4CCC(c5ccc(C#N)cc5)CC4)c(F)c(F)c3C2)c(F)c1. The number of fused-ring (bicyclic) bond motifs is 1. The number of nitrogens with zero attached hydrogens (tertiary/aromatic N) is 1. The van der Waals surface area contributed by atoms with Gasteiger partial charge in [0.05, 0.1) is 11.6 Å². The van der Waals surface area contributed by atoms with E-state index in [2.05, 4.69) is 6.07 Å². The maximum atomic E-state index is 15.8. The number of aryl methyl sites for hydroxylation is 1. The minimum atomic E-state index is -1.08. The molecule has 1 unspecified atom stereocenters. The van der Waals surface area contributed by atoms with Gasteiger partial charge in [-0.05, 0) is 135 Å². The van der Waals surface area contributed by atoms with E-state index < -0.39 is 29.1 Å². The monoisotopic (exact) mass is 565 g/mol. The smallest absolute Gasteiger partial charge is 0.165 e. The molecule has 216 valence electrons. The van der Waals surface area contributed by atoms with Crippen LogP contribution in [0.2, 0.25) is 0 Å². The molecule has 1 fully saturated rings. The summed E-state index contributed by atoms with van der Waals surface area (Å²) in [6.45, 7) is 2.02. The number of unbranched alkanes of at least 4 members (excludes halogenated alkanes) is 1. The van der Waals surface area contributed by atoms with E-state index in [9.17, 15) is 8.78 Å². The Morgan fingerprint density at radius 1 is 0.780 bits per heavy atom. The van der Waals surface area contributed by atoms with Gasteiger partial charge in [0.25, 0.3) is 0 Å². The molecule has 3 aromatic carbocycles. The minimum Gasteiger partial charge on any atom is -0.207 e. The fourth-order valence-corrected chi connectivity index (χ4v) is 6.91. The maximum absolute atomic E-state index is 15.8. The summed E-state index contributed by atoms with van der Waals surface area (Å²) < 4.78 is 75.9. The average molecular weight is 566 g/mol. The van der Waals surface area contributed by atoms with Crippen LogP contribution in [0.5, 0.6) is 0 Å². The van der Waals surface area contributed by atoms with Crippen molar-refractivity contribution in [3.05, 3.63) is 104 Å². The molecular weight excluding hydrogens is 529 g/mol. The predicted molar refractivity (Wildman–Crippen MR) is 150 cm³/mol. The molecule has 2 aliphatic carbocycles. The molecule has 0 saturated heterocycles. The standard InChI is InChI=1S/C35H36F5N/c1-2-3-4-23-18-30(36)28(31(37)19-23)16-8-21-7-15-27-29(17-21)34(39)35(40)32(33(27)38)26-13-11-25(12-14-26)24-9-5-22(20-41)6-10-24/h5-6,9-10,18-19,21,25-26H,2-4,7-8,11-17H2,1H3. The van der Waals surface area contributed by atoms with Crippen molar-refractivity contribution in [3.63, 3.8) is 0 Å². The second-order valence-corrected chi connectivity index (χ2v) is 11.9. The van der Waals surface area contributed by atoms with Crippen LogP contribution in [0.15, 0.2) is 36.4 Å². The van der Waals surface area contributed by atoms with Crippen molar-refractivity contribution in [2.75, 3.05) is 0 Å². The zero-order valence-electron chi connectivity index (χ0n) is 23.5. The lowest BCUT2D eigenvalue weighted by Gasteiger charge is -2.32. The highest BCUT2D eigenvalue weighted by molar-refractivity contribution is 5.41. The Balaban J connectivity index is 1.26. The lowest BCUT2D eigenvalue weighted by Crippen LogP contribution is -2.23. The number of hydrogen-bond donors (Lipinski definition) is 0. The van der Waals surface area contributed by atoms with Gasteiger partial charge in [0.15, 0.2) is 11.6 Å². The van der Waals surface area contributed by atoms with Gasteiger partial charge in [-0.2, -0.15) is 5.26 Å². The van der Waals surface area contributed by atoms with Gasteiger partial charge in [-0.25, -0.2) is 22.0 Å². The third kappa shape index (κ3) is 6.20. The lowest BCUT2D eigenvalue weighted by atomic mass is 9.73. The zero-order chi connectivity index (χ0) is 29.1. The summed E-state index contributed by atoms with van der Waals surface area (Å²) in [5, 5.41) is 9.02. The van der Waals surface area contributed by atoms with Gasteiger partial charge >= 0.3 is 0 Å². The van der Waals surface area contributed by atoms with Gasteiger partial charge in [0, 0.05) is 11.1 Å². The quantitative estimate of drug-likeness (QED) is 0.197. The molecule has 0 bridgehead atoms. The molecule has 0 spiro atoms. The van der Waals surface area contributed by atoms with Crippen molar-refractivity contribution in [2.24, 2.45) is 5.92 Å². The van der Waals surface area contributed by atoms with Crippen LogP contribution in [0.1, 0.15) is 109 Å². The first-order valence-electron chi connectivity index (χ1n) is 15.0. The molecule has 41 heavy (non-hydrogen) atoms. The number of benzene rings is 3. The fraction of sp³-hybridized carbons (Fsp3) is 0.457. The Labute approximate surface area is 239 Å². The summed E-state index contributed by atoms with van der Waals surface area (Å²) in [5.74, 6) is -4.02. The van der Waals surface area contributed by atoms with Crippen LogP contribution in [0, 0.1) is 46.3 Å². The summed E-state index contributed by atoms with van der Waals surface area (Å²) >= 11 is 0. The molecule has 0 amide bonds. The van der Waals surface area contributed by atoms with Crippen molar-refractivity contribution in [1.82, 2.24) is 0 Å². The first-order valence-corrected chi connectivity index (χ1v) is 15.0. The van der Waals surface area contributed by atoms with E-state index >= 15 is 13.2 Å². The first kappa shape index (κ1) is 29.3. The predicted octanol–water partition coefficient (Wildman–Crippen LogP) is 9.78. The van der Waals surface area contributed by atoms with Crippen LogP contribution in [0.4, 0.5) is 22.0 Å². The molecule has 0 aromatic heterocycles. The Kier molecular flexibility index (Phi) is 9.12. The van der Waals surface area contributed by atoms with Crippen LogP contribution in [0.25, 0.3) is 0 Å². The summed E-state index contributed by atoms with van der Waals surface area (Å²) in [6, 6.07) is 12.3. The van der Waals surface area contributed by atoms with Crippen LogP contribution in [-0.2, 0) is 25.7 Å². The zero-order valence-corrected chi connectivity index (χ0v) is 23.5. The van der Waals surface area contributed by atoms with E-state index in [0.29, 0.717) is 43.2 Å². The second kappa shape index (κ2) is 12.8. The first-order chi connectivity index (χ1) is 19.8. The highest BCUT2D eigenvalue weighted by Gasteiger charge is 2.34. The van der Waals surface area contributed by atoms with Crippen LogP contribution < -0.4 is 0 Å². The van der Waals surface area contributed by atoms with Crippen LogP contribution in [0.3, 0.4) is 0 Å². The van der Waals surface area contributed by atoms with Gasteiger partial charge in [-0.15, -0.1) is 0 Å². The second-order valence-electron chi connectivity index (χ2n) is 11.9. The fourth-order valence-electron chi connectivity index (χ4n) is 6.91. The molecule has 5 rings (SSSR count). The van der Waals surface area contributed by atoms with Crippen molar-refractivity contribution in [3.8, 4) is 6.07 Å². The summed E-state index contributed by atoms with van der Waals surface area (Å²) in [4.78, 5) is 0. The Morgan fingerprint density at radius 2 is 1.44 bits per heavy atom. The molecule has 1 nitrogen and oxygen atoms in total. The highest BCUT2D eigenvalue weighted by Crippen LogP contribution is 2.45. The Hall–Kier alpha value is -3.20. The van der Waals surface area contributed by atoms with Gasteiger partial charge in [0.1, 0.15) is 17.5 Å². The van der Waals surface area contributed by atoms with Crippen LogP contribution in [-0.4, -0.2) is 0 Å². The molecular formula is C35H36F5N. The van der Waals surface area contributed by atoms with Crippen LogP contribution >= 0.6 is 0 Å². The average Bonchev–Trinajstić information content (AvgIpc) is 2.99.